The molecule has 0 aliphatic carbocycles. The lowest BCUT2D eigenvalue weighted by Gasteiger charge is -2.14. The van der Waals surface area contributed by atoms with E-state index in [0.717, 1.165) is 5.69 Å². The van der Waals surface area contributed by atoms with Crippen LogP contribution in [0.1, 0.15) is 40.3 Å². The second kappa shape index (κ2) is 4.68. The second-order valence-electron chi connectivity index (χ2n) is 5.69. The summed E-state index contributed by atoms with van der Waals surface area (Å²) in [6.45, 7) is 9.83. The van der Waals surface area contributed by atoms with Crippen LogP contribution < -0.4 is 4.72 Å². The third-order valence-corrected chi connectivity index (χ3v) is 3.82. The van der Waals surface area contributed by atoms with Crippen molar-refractivity contribution in [3.05, 3.63) is 11.8 Å². The summed E-state index contributed by atoms with van der Waals surface area (Å²) in [5.41, 5.74) is 0.828. The monoisotopic (exact) mass is 259 g/mol. The van der Waals surface area contributed by atoms with Crippen molar-refractivity contribution in [2.45, 2.75) is 40.0 Å². The summed E-state index contributed by atoms with van der Waals surface area (Å²) in [5.74, 6) is 0.550. The van der Waals surface area contributed by atoms with Crippen LogP contribution in [0.2, 0.25) is 0 Å². The van der Waals surface area contributed by atoms with Crippen LogP contribution in [0.5, 0.6) is 0 Å². The number of anilines is 1. The van der Waals surface area contributed by atoms with E-state index in [1.807, 2.05) is 34.6 Å². The molecule has 0 saturated carbocycles. The molecule has 2 N–H and O–H groups in total. The van der Waals surface area contributed by atoms with Crippen molar-refractivity contribution in [2.75, 3.05) is 10.5 Å². The van der Waals surface area contributed by atoms with Crippen molar-refractivity contribution in [2.24, 2.45) is 5.92 Å². The minimum atomic E-state index is -3.30. The molecule has 0 amide bonds. The van der Waals surface area contributed by atoms with E-state index in [1.54, 1.807) is 6.07 Å². The number of rotatable bonds is 4. The van der Waals surface area contributed by atoms with Crippen molar-refractivity contribution in [1.82, 2.24) is 10.2 Å². The van der Waals surface area contributed by atoms with Crippen LogP contribution in [0.3, 0.4) is 0 Å². The molecule has 0 radical (unpaired) electrons. The fourth-order valence-corrected chi connectivity index (χ4v) is 2.78. The highest BCUT2D eigenvalue weighted by Crippen LogP contribution is 2.22. The Hall–Kier alpha value is -1.04. The predicted octanol–water partition coefficient (Wildman–Crippen LogP) is 2.10. The molecular weight excluding hydrogens is 238 g/mol. The van der Waals surface area contributed by atoms with E-state index >= 15 is 0 Å². The molecule has 6 heteroatoms. The number of aromatic amines is 1. The van der Waals surface area contributed by atoms with Crippen LogP contribution in [-0.2, 0) is 15.4 Å². The molecule has 0 atom stereocenters. The van der Waals surface area contributed by atoms with E-state index in [0.29, 0.717) is 5.82 Å². The zero-order valence-corrected chi connectivity index (χ0v) is 11.9. The van der Waals surface area contributed by atoms with Gasteiger partial charge in [0, 0.05) is 17.2 Å². The van der Waals surface area contributed by atoms with E-state index < -0.39 is 10.0 Å². The topological polar surface area (TPSA) is 74.8 Å². The van der Waals surface area contributed by atoms with Gasteiger partial charge in [-0.2, -0.15) is 5.10 Å². The normalized spacial score (nSPS) is 13.1. The Labute approximate surface area is 103 Å². The first-order valence-corrected chi connectivity index (χ1v) is 7.32. The molecule has 17 heavy (non-hydrogen) atoms. The number of sulfonamides is 1. The van der Waals surface area contributed by atoms with Crippen molar-refractivity contribution in [1.29, 1.82) is 0 Å². The van der Waals surface area contributed by atoms with Gasteiger partial charge in [0.25, 0.3) is 0 Å². The van der Waals surface area contributed by atoms with Gasteiger partial charge in [-0.1, -0.05) is 34.6 Å². The van der Waals surface area contributed by atoms with E-state index in [-0.39, 0.29) is 17.1 Å². The number of nitrogens with zero attached hydrogens (tertiary/aromatic N) is 1. The van der Waals surface area contributed by atoms with Crippen LogP contribution in [0.4, 0.5) is 5.82 Å². The molecule has 0 aliphatic rings. The minimum absolute atomic E-state index is 0.0747. The SMILES string of the molecule is CC(C)CS(=O)(=O)Nc1cc(C(C)(C)C)[nH]n1. The van der Waals surface area contributed by atoms with Crippen LogP contribution >= 0.6 is 0 Å². The van der Waals surface area contributed by atoms with E-state index in [1.165, 1.54) is 0 Å². The summed E-state index contributed by atoms with van der Waals surface area (Å²) in [4.78, 5) is 0. The first kappa shape index (κ1) is 14.0. The Bertz CT molecular complexity index is 469. The Morgan fingerprint density at radius 1 is 1.41 bits per heavy atom. The van der Waals surface area contributed by atoms with Crippen LogP contribution in [0.25, 0.3) is 0 Å². The van der Waals surface area contributed by atoms with Crippen molar-refractivity contribution in [3.63, 3.8) is 0 Å². The van der Waals surface area contributed by atoms with Crippen LogP contribution in [0.15, 0.2) is 6.07 Å². The second-order valence-corrected chi connectivity index (χ2v) is 7.46. The largest absolute Gasteiger partial charge is 0.280 e. The van der Waals surface area contributed by atoms with E-state index in [4.69, 9.17) is 0 Å². The number of hydrogen-bond acceptors (Lipinski definition) is 3. The summed E-state index contributed by atoms with van der Waals surface area (Å²) in [5, 5.41) is 6.80. The third kappa shape index (κ3) is 4.38. The highest BCUT2D eigenvalue weighted by Gasteiger charge is 2.19. The molecule has 0 saturated heterocycles. The summed E-state index contributed by atoms with van der Waals surface area (Å²) >= 11 is 0. The number of hydrogen-bond donors (Lipinski definition) is 2. The molecule has 0 unspecified atom stereocenters. The van der Waals surface area contributed by atoms with Gasteiger partial charge in [-0.25, -0.2) is 8.42 Å². The summed E-state index contributed by atoms with van der Waals surface area (Å²) in [6, 6.07) is 1.73. The van der Waals surface area contributed by atoms with Crippen molar-refractivity contribution < 1.29 is 8.42 Å². The molecule has 1 aromatic heterocycles. The van der Waals surface area contributed by atoms with Gasteiger partial charge < -0.3 is 0 Å². The molecule has 1 rings (SSSR count). The smallest absolute Gasteiger partial charge is 0.234 e. The Balaban J connectivity index is 2.80. The lowest BCUT2D eigenvalue weighted by molar-refractivity contribution is 0.567. The van der Waals surface area contributed by atoms with Gasteiger partial charge in [0.2, 0.25) is 10.0 Å². The summed E-state index contributed by atoms with van der Waals surface area (Å²) in [6.07, 6.45) is 0. The predicted molar refractivity (Wildman–Crippen MR) is 69.5 cm³/mol. The maximum Gasteiger partial charge on any atom is 0.234 e. The lowest BCUT2D eigenvalue weighted by atomic mass is 9.92. The molecule has 0 spiro atoms. The minimum Gasteiger partial charge on any atom is -0.280 e. The van der Waals surface area contributed by atoms with Gasteiger partial charge in [0.05, 0.1) is 5.75 Å². The highest BCUT2D eigenvalue weighted by atomic mass is 32.2. The van der Waals surface area contributed by atoms with Gasteiger partial charge >= 0.3 is 0 Å². The average Bonchev–Trinajstić information content (AvgIpc) is 2.47. The molecule has 1 aromatic rings. The van der Waals surface area contributed by atoms with Crippen molar-refractivity contribution >= 4 is 15.8 Å². The lowest BCUT2D eigenvalue weighted by Crippen LogP contribution is -2.20. The maximum atomic E-state index is 11.7. The average molecular weight is 259 g/mol. The molecular formula is C11H21N3O2S. The quantitative estimate of drug-likeness (QED) is 0.869. The Kier molecular flexibility index (Phi) is 3.86. The number of aromatic nitrogens is 2. The Morgan fingerprint density at radius 3 is 2.41 bits per heavy atom. The zero-order valence-electron chi connectivity index (χ0n) is 11.0. The molecule has 5 nitrogen and oxygen atoms in total. The van der Waals surface area contributed by atoms with Crippen LogP contribution in [-0.4, -0.2) is 24.4 Å². The highest BCUT2D eigenvalue weighted by molar-refractivity contribution is 7.92. The van der Waals surface area contributed by atoms with Gasteiger partial charge in [-0.15, -0.1) is 0 Å². The standard InChI is InChI=1S/C11H21N3O2S/c1-8(2)7-17(15,16)14-10-6-9(12-13-10)11(3,4)5/h6,8H,7H2,1-5H3,(H2,12,13,14). The fraction of sp³-hybridized carbons (Fsp3) is 0.727. The molecule has 0 aliphatic heterocycles. The molecule has 0 aromatic carbocycles. The summed E-state index contributed by atoms with van der Waals surface area (Å²) < 4.78 is 25.9. The summed E-state index contributed by atoms with van der Waals surface area (Å²) in [7, 11) is -3.30. The Morgan fingerprint density at radius 2 is 2.00 bits per heavy atom. The maximum absolute atomic E-state index is 11.7. The zero-order chi connectivity index (χ0) is 13.3. The molecule has 1 heterocycles. The third-order valence-electron chi connectivity index (χ3n) is 2.20. The number of H-pyrrole nitrogens is 1. The first-order valence-electron chi connectivity index (χ1n) is 5.66. The van der Waals surface area contributed by atoms with Gasteiger partial charge in [-0.3, -0.25) is 9.82 Å². The fourth-order valence-electron chi connectivity index (χ4n) is 1.40. The van der Waals surface area contributed by atoms with E-state index in [9.17, 15) is 8.42 Å². The van der Waals surface area contributed by atoms with Gasteiger partial charge in [0.1, 0.15) is 0 Å². The first-order chi connectivity index (χ1) is 7.60. The van der Waals surface area contributed by atoms with Gasteiger partial charge in [-0.05, 0) is 5.92 Å². The van der Waals surface area contributed by atoms with Crippen molar-refractivity contribution in [3.8, 4) is 0 Å². The molecule has 0 fully saturated rings. The number of nitrogens with one attached hydrogen (secondary N) is 2. The van der Waals surface area contributed by atoms with E-state index in [2.05, 4.69) is 14.9 Å². The van der Waals surface area contributed by atoms with Crippen LogP contribution in [0, 0.1) is 5.92 Å². The van der Waals surface area contributed by atoms with Gasteiger partial charge in [0.15, 0.2) is 5.82 Å². The molecule has 98 valence electrons. The molecule has 0 bridgehead atoms.